The molecular formula is C17H31NO3. The zero-order valence-electron chi connectivity index (χ0n) is 13.8. The van der Waals surface area contributed by atoms with Gasteiger partial charge in [-0.15, -0.1) is 0 Å². The lowest BCUT2D eigenvalue weighted by Gasteiger charge is -2.23. The first-order valence-corrected chi connectivity index (χ1v) is 8.29. The molecule has 0 unspecified atom stereocenters. The highest BCUT2D eigenvalue weighted by Crippen LogP contribution is 2.28. The highest BCUT2D eigenvalue weighted by Gasteiger charge is 2.24. The maximum absolute atomic E-state index is 11.8. The Kier molecular flexibility index (Phi) is 7.20. The SMILES string of the molecule is CC(C)(C)OC(=O)C[C@@H](CCCC1CCCCC1)C(N)=O. The maximum atomic E-state index is 11.8. The number of hydrogen-bond donors (Lipinski definition) is 1. The van der Waals surface area contributed by atoms with Crippen LogP contribution in [0.3, 0.4) is 0 Å². The van der Waals surface area contributed by atoms with Crippen molar-refractivity contribution in [2.75, 3.05) is 0 Å². The summed E-state index contributed by atoms with van der Waals surface area (Å²) in [6, 6.07) is 0. The molecule has 1 fully saturated rings. The summed E-state index contributed by atoms with van der Waals surface area (Å²) in [6.07, 6.45) is 9.59. The molecule has 0 saturated heterocycles. The van der Waals surface area contributed by atoms with Crippen LogP contribution in [0.4, 0.5) is 0 Å². The van der Waals surface area contributed by atoms with E-state index in [-0.39, 0.29) is 24.2 Å². The summed E-state index contributed by atoms with van der Waals surface area (Å²) in [5.41, 5.74) is 4.91. The third-order valence-electron chi connectivity index (χ3n) is 4.13. The van der Waals surface area contributed by atoms with Gasteiger partial charge >= 0.3 is 5.97 Å². The van der Waals surface area contributed by atoms with Gasteiger partial charge in [-0.2, -0.15) is 0 Å². The molecule has 122 valence electrons. The maximum Gasteiger partial charge on any atom is 0.307 e. The molecule has 1 aliphatic carbocycles. The highest BCUT2D eigenvalue weighted by atomic mass is 16.6. The zero-order valence-corrected chi connectivity index (χ0v) is 13.8. The Balaban J connectivity index is 2.32. The van der Waals surface area contributed by atoms with Gasteiger partial charge in [-0.25, -0.2) is 0 Å². The monoisotopic (exact) mass is 297 g/mol. The average Bonchev–Trinajstić information content (AvgIpc) is 2.36. The van der Waals surface area contributed by atoms with Crippen molar-refractivity contribution in [2.24, 2.45) is 17.6 Å². The van der Waals surface area contributed by atoms with Gasteiger partial charge in [0.05, 0.1) is 6.42 Å². The highest BCUT2D eigenvalue weighted by molar-refractivity contribution is 5.82. The summed E-state index contributed by atoms with van der Waals surface area (Å²) in [6.45, 7) is 5.48. The van der Waals surface area contributed by atoms with Crippen molar-refractivity contribution in [3.8, 4) is 0 Å². The number of ether oxygens (including phenoxy) is 1. The van der Waals surface area contributed by atoms with Crippen LogP contribution in [0.1, 0.15) is 78.6 Å². The quantitative estimate of drug-likeness (QED) is 0.730. The Bertz CT molecular complexity index is 340. The summed E-state index contributed by atoms with van der Waals surface area (Å²) in [4.78, 5) is 23.3. The summed E-state index contributed by atoms with van der Waals surface area (Å²) in [5, 5.41) is 0. The van der Waals surface area contributed by atoms with Gasteiger partial charge < -0.3 is 10.5 Å². The van der Waals surface area contributed by atoms with Crippen LogP contribution in [-0.4, -0.2) is 17.5 Å². The Labute approximate surface area is 128 Å². The minimum absolute atomic E-state index is 0.108. The number of hydrogen-bond acceptors (Lipinski definition) is 3. The minimum Gasteiger partial charge on any atom is -0.460 e. The fraction of sp³-hybridized carbons (Fsp3) is 0.882. The predicted molar refractivity (Wildman–Crippen MR) is 83.6 cm³/mol. The molecule has 0 spiro atoms. The van der Waals surface area contributed by atoms with Crippen LogP contribution in [0.15, 0.2) is 0 Å². The lowest BCUT2D eigenvalue weighted by molar-refractivity contribution is -0.157. The Morgan fingerprint density at radius 3 is 2.33 bits per heavy atom. The van der Waals surface area contributed by atoms with Crippen LogP contribution in [0.2, 0.25) is 0 Å². The van der Waals surface area contributed by atoms with Crippen molar-refractivity contribution < 1.29 is 14.3 Å². The third-order valence-corrected chi connectivity index (χ3v) is 4.13. The molecule has 0 aromatic rings. The zero-order chi connectivity index (χ0) is 15.9. The first-order valence-electron chi connectivity index (χ1n) is 8.29. The van der Waals surface area contributed by atoms with Gasteiger partial charge in [-0.1, -0.05) is 44.9 Å². The van der Waals surface area contributed by atoms with Crippen molar-refractivity contribution in [1.29, 1.82) is 0 Å². The van der Waals surface area contributed by atoms with Crippen molar-refractivity contribution in [1.82, 2.24) is 0 Å². The van der Waals surface area contributed by atoms with Gasteiger partial charge in [0.2, 0.25) is 5.91 Å². The van der Waals surface area contributed by atoms with Crippen LogP contribution in [0.5, 0.6) is 0 Å². The smallest absolute Gasteiger partial charge is 0.307 e. The van der Waals surface area contributed by atoms with E-state index in [9.17, 15) is 9.59 Å². The fourth-order valence-electron chi connectivity index (χ4n) is 3.06. The largest absolute Gasteiger partial charge is 0.460 e. The molecule has 21 heavy (non-hydrogen) atoms. The normalized spacial score (nSPS) is 18.2. The third kappa shape index (κ3) is 8.08. The standard InChI is InChI=1S/C17H31NO3/c1-17(2,3)21-15(19)12-14(16(18)20)11-7-10-13-8-5-4-6-9-13/h13-14H,4-12H2,1-3H3,(H2,18,20)/t14-/m1/s1. The van der Waals surface area contributed by atoms with Crippen molar-refractivity contribution >= 4 is 11.9 Å². The van der Waals surface area contributed by atoms with Crippen LogP contribution < -0.4 is 5.73 Å². The van der Waals surface area contributed by atoms with Crippen molar-refractivity contribution in [2.45, 2.75) is 84.2 Å². The van der Waals surface area contributed by atoms with E-state index in [1.54, 1.807) is 0 Å². The number of rotatable bonds is 7. The molecule has 0 bridgehead atoms. The number of esters is 1. The van der Waals surface area contributed by atoms with E-state index in [0.717, 1.165) is 18.8 Å². The van der Waals surface area contributed by atoms with Gasteiger partial charge in [0.25, 0.3) is 0 Å². The van der Waals surface area contributed by atoms with E-state index in [1.165, 1.54) is 32.1 Å². The Morgan fingerprint density at radius 2 is 1.81 bits per heavy atom. The van der Waals surface area contributed by atoms with Gasteiger partial charge in [0.15, 0.2) is 0 Å². The van der Waals surface area contributed by atoms with Crippen LogP contribution in [0, 0.1) is 11.8 Å². The number of carbonyl (C=O) groups is 2. The summed E-state index contributed by atoms with van der Waals surface area (Å²) in [7, 11) is 0. The second-order valence-corrected chi connectivity index (χ2v) is 7.32. The van der Waals surface area contributed by atoms with E-state index in [0.29, 0.717) is 6.42 Å². The van der Waals surface area contributed by atoms with Crippen LogP contribution >= 0.6 is 0 Å². The molecule has 0 aliphatic heterocycles. The first kappa shape index (κ1) is 18.0. The molecule has 4 nitrogen and oxygen atoms in total. The molecule has 1 saturated carbocycles. The minimum atomic E-state index is -0.513. The number of carbonyl (C=O) groups excluding carboxylic acids is 2. The second kappa shape index (κ2) is 8.40. The molecule has 4 heteroatoms. The molecule has 0 radical (unpaired) electrons. The topological polar surface area (TPSA) is 69.4 Å². The molecule has 0 heterocycles. The van der Waals surface area contributed by atoms with Crippen molar-refractivity contribution in [3.63, 3.8) is 0 Å². The molecule has 1 atom stereocenters. The molecule has 1 amide bonds. The number of primary amides is 1. The van der Waals surface area contributed by atoms with E-state index in [4.69, 9.17) is 10.5 Å². The van der Waals surface area contributed by atoms with Crippen LogP contribution in [0.25, 0.3) is 0 Å². The average molecular weight is 297 g/mol. The summed E-state index contributed by atoms with van der Waals surface area (Å²) in [5.74, 6) is -0.300. The molecule has 2 N–H and O–H groups in total. The second-order valence-electron chi connectivity index (χ2n) is 7.32. The molecular weight excluding hydrogens is 266 g/mol. The van der Waals surface area contributed by atoms with E-state index < -0.39 is 5.60 Å². The van der Waals surface area contributed by atoms with E-state index >= 15 is 0 Å². The first-order chi connectivity index (χ1) is 9.78. The van der Waals surface area contributed by atoms with E-state index in [2.05, 4.69) is 0 Å². The predicted octanol–water partition coefficient (Wildman–Crippen LogP) is 3.57. The Hall–Kier alpha value is -1.06. The summed E-state index contributed by atoms with van der Waals surface area (Å²) >= 11 is 0. The van der Waals surface area contributed by atoms with Gasteiger partial charge in [0.1, 0.15) is 5.60 Å². The molecule has 0 aromatic carbocycles. The lowest BCUT2D eigenvalue weighted by Crippen LogP contribution is -2.30. The molecule has 1 rings (SSSR count). The van der Waals surface area contributed by atoms with Gasteiger partial charge in [-0.3, -0.25) is 9.59 Å². The number of nitrogens with two attached hydrogens (primary N) is 1. The molecule has 1 aliphatic rings. The molecule has 0 aromatic heterocycles. The summed E-state index contributed by atoms with van der Waals surface area (Å²) < 4.78 is 5.27. The van der Waals surface area contributed by atoms with Gasteiger partial charge in [0, 0.05) is 5.92 Å². The fourth-order valence-corrected chi connectivity index (χ4v) is 3.06. The van der Waals surface area contributed by atoms with Crippen molar-refractivity contribution in [3.05, 3.63) is 0 Å². The lowest BCUT2D eigenvalue weighted by atomic mass is 9.84. The van der Waals surface area contributed by atoms with Crippen LogP contribution in [-0.2, 0) is 14.3 Å². The Morgan fingerprint density at radius 1 is 1.19 bits per heavy atom. The number of amides is 1. The van der Waals surface area contributed by atoms with Gasteiger partial charge in [-0.05, 0) is 33.1 Å². The van der Waals surface area contributed by atoms with E-state index in [1.807, 2.05) is 20.8 Å².